The quantitative estimate of drug-likeness (QED) is 0.900. The molecule has 104 valence electrons. The topological polar surface area (TPSA) is 63.5 Å². The first-order valence-electron chi connectivity index (χ1n) is 6.68. The van der Waals surface area contributed by atoms with E-state index in [-0.39, 0.29) is 6.10 Å². The molecule has 0 aromatic heterocycles. The third-order valence-electron chi connectivity index (χ3n) is 3.28. The van der Waals surface area contributed by atoms with Gasteiger partial charge in [-0.2, -0.15) is 5.26 Å². The number of fused-ring (bicyclic) bond motifs is 1. The largest absolute Gasteiger partial charge is 0.487 e. The SMILES string of the molecule is N#CC1=Cc2cccc(OC[C@H]3CNCCO3)c2OC1. The summed E-state index contributed by atoms with van der Waals surface area (Å²) in [6.45, 7) is 3.19. The van der Waals surface area contributed by atoms with Gasteiger partial charge in [0.1, 0.15) is 19.3 Å². The summed E-state index contributed by atoms with van der Waals surface area (Å²) in [7, 11) is 0. The number of hydrogen-bond acceptors (Lipinski definition) is 5. The van der Waals surface area contributed by atoms with Gasteiger partial charge in [0, 0.05) is 18.7 Å². The first kappa shape index (κ1) is 13.0. The predicted octanol–water partition coefficient (Wildman–Crippen LogP) is 1.35. The highest BCUT2D eigenvalue weighted by atomic mass is 16.5. The van der Waals surface area contributed by atoms with Crippen LogP contribution in [0.1, 0.15) is 5.56 Å². The lowest BCUT2D eigenvalue weighted by atomic mass is 10.1. The van der Waals surface area contributed by atoms with Gasteiger partial charge in [-0.25, -0.2) is 0 Å². The van der Waals surface area contributed by atoms with Gasteiger partial charge in [-0.15, -0.1) is 0 Å². The lowest BCUT2D eigenvalue weighted by Gasteiger charge is -2.24. The number of ether oxygens (including phenoxy) is 3. The van der Waals surface area contributed by atoms with Crippen LogP contribution in [0, 0.1) is 11.3 Å². The summed E-state index contributed by atoms with van der Waals surface area (Å²) < 4.78 is 17.0. The van der Waals surface area contributed by atoms with Crippen LogP contribution < -0.4 is 14.8 Å². The monoisotopic (exact) mass is 272 g/mol. The maximum absolute atomic E-state index is 8.91. The summed E-state index contributed by atoms with van der Waals surface area (Å²) >= 11 is 0. The first-order chi connectivity index (χ1) is 9.86. The van der Waals surface area contributed by atoms with Crippen LogP contribution in [0.2, 0.25) is 0 Å². The standard InChI is InChI=1S/C15H16N2O3/c16-7-11-6-12-2-1-3-14(15(12)20-9-11)19-10-13-8-17-4-5-18-13/h1-3,6,13,17H,4-5,8-10H2/t13-/m1/s1. The minimum atomic E-state index is 0.0633. The highest BCUT2D eigenvalue weighted by Gasteiger charge is 2.18. The van der Waals surface area contributed by atoms with Gasteiger partial charge in [0.2, 0.25) is 0 Å². The molecule has 0 aliphatic carbocycles. The van der Waals surface area contributed by atoms with Crippen molar-refractivity contribution >= 4 is 6.08 Å². The van der Waals surface area contributed by atoms with E-state index in [2.05, 4.69) is 11.4 Å². The van der Waals surface area contributed by atoms with Gasteiger partial charge in [-0.05, 0) is 12.1 Å². The van der Waals surface area contributed by atoms with Crippen LogP contribution in [0.15, 0.2) is 23.8 Å². The van der Waals surface area contributed by atoms with Gasteiger partial charge in [-0.1, -0.05) is 12.1 Å². The van der Waals surface area contributed by atoms with E-state index in [9.17, 15) is 0 Å². The number of morpholine rings is 1. The summed E-state index contributed by atoms with van der Waals surface area (Å²) in [5, 5.41) is 12.2. The Morgan fingerprint density at radius 2 is 2.40 bits per heavy atom. The van der Waals surface area contributed by atoms with Gasteiger partial charge in [0.05, 0.1) is 18.2 Å². The Bertz CT molecular complexity index is 557. The van der Waals surface area contributed by atoms with Gasteiger partial charge in [0.25, 0.3) is 0 Å². The van der Waals surface area contributed by atoms with Crippen molar-refractivity contribution < 1.29 is 14.2 Å². The number of nitrogens with one attached hydrogen (secondary N) is 1. The summed E-state index contributed by atoms with van der Waals surface area (Å²) in [5.74, 6) is 1.40. The molecule has 3 rings (SSSR count). The molecule has 1 saturated heterocycles. The molecule has 20 heavy (non-hydrogen) atoms. The van der Waals surface area contributed by atoms with E-state index in [0.717, 1.165) is 18.7 Å². The maximum atomic E-state index is 8.91. The van der Waals surface area contributed by atoms with Crippen molar-refractivity contribution in [2.45, 2.75) is 6.10 Å². The Morgan fingerprint density at radius 3 is 3.20 bits per heavy atom. The molecule has 0 unspecified atom stereocenters. The molecule has 0 saturated carbocycles. The number of nitrogens with zero attached hydrogens (tertiary/aromatic N) is 1. The lowest BCUT2D eigenvalue weighted by molar-refractivity contribution is -0.000350. The number of rotatable bonds is 3. The van der Waals surface area contributed by atoms with Crippen molar-refractivity contribution in [3.8, 4) is 17.6 Å². The number of hydrogen-bond donors (Lipinski definition) is 1. The summed E-state index contributed by atoms with van der Waals surface area (Å²) in [4.78, 5) is 0. The second-order valence-corrected chi connectivity index (χ2v) is 4.75. The Hall–Kier alpha value is -2.03. The summed E-state index contributed by atoms with van der Waals surface area (Å²) in [6.07, 6.45) is 1.90. The van der Waals surface area contributed by atoms with Crippen molar-refractivity contribution in [2.24, 2.45) is 0 Å². The summed E-state index contributed by atoms with van der Waals surface area (Å²) in [6, 6.07) is 7.80. The molecule has 2 heterocycles. The van der Waals surface area contributed by atoms with Gasteiger partial charge in [-0.3, -0.25) is 0 Å². The van der Waals surface area contributed by atoms with Crippen LogP contribution >= 0.6 is 0 Å². The van der Waals surface area contributed by atoms with Crippen molar-refractivity contribution in [1.29, 1.82) is 5.26 Å². The fourth-order valence-electron chi connectivity index (χ4n) is 2.27. The minimum Gasteiger partial charge on any atom is -0.487 e. The predicted molar refractivity (Wildman–Crippen MR) is 73.6 cm³/mol. The lowest BCUT2D eigenvalue weighted by Crippen LogP contribution is -2.41. The smallest absolute Gasteiger partial charge is 0.168 e. The van der Waals surface area contributed by atoms with Crippen LogP contribution in [0.4, 0.5) is 0 Å². The fourth-order valence-corrected chi connectivity index (χ4v) is 2.27. The molecule has 2 aliphatic heterocycles. The van der Waals surface area contributed by atoms with E-state index in [4.69, 9.17) is 19.5 Å². The molecule has 1 fully saturated rings. The zero-order valence-electron chi connectivity index (χ0n) is 11.1. The molecule has 1 aromatic carbocycles. The average molecular weight is 272 g/mol. The Kier molecular flexibility index (Phi) is 3.86. The van der Waals surface area contributed by atoms with Gasteiger partial charge < -0.3 is 19.5 Å². The molecule has 2 aliphatic rings. The first-order valence-corrected chi connectivity index (χ1v) is 6.68. The normalized spacial score (nSPS) is 21.1. The molecule has 0 radical (unpaired) electrons. The summed E-state index contributed by atoms with van der Waals surface area (Å²) in [5.41, 5.74) is 1.50. The van der Waals surface area contributed by atoms with E-state index in [1.807, 2.05) is 24.3 Å². The van der Waals surface area contributed by atoms with Gasteiger partial charge in [0.15, 0.2) is 11.5 Å². The molecular weight excluding hydrogens is 256 g/mol. The maximum Gasteiger partial charge on any atom is 0.168 e. The molecule has 1 aromatic rings. The van der Waals surface area contributed by atoms with Crippen molar-refractivity contribution in [3.05, 3.63) is 29.3 Å². The van der Waals surface area contributed by atoms with E-state index in [1.54, 1.807) is 0 Å². The zero-order chi connectivity index (χ0) is 13.8. The van der Waals surface area contributed by atoms with Crippen LogP contribution in [0.3, 0.4) is 0 Å². The van der Waals surface area contributed by atoms with E-state index < -0.39 is 0 Å². The van der Waals surface area contributed by atoms with Crippen LogP contribution in [0.5, 0.6) is 11.5 Å². The number of benzene rings is 1. The van der Waals surface area contributed by atoms with Crippen LogP contribution in [0.25, 0.3) is 6.08 Å². The molecule has 5 heteroatoms. The van der Waals surface area contributed by atoms with Crippen molar-refractivity contribution in [3.63, 3.8) is 0 Å². The molecule has 1 atom stereocenters. The second-order valence-electron chi connectivity index (χ2n) is 4.75. The Balaban J connectivity index is 1.71. The fraction of sp³-hybridized carbons (Fsp3) is 0.400. The van der Waals surface area contributed by atoms with Crippen molar-refractivity contribution in [1.82, 2.24) is 5.32 Å². The third kappa shape index (κ3) is 2.77. The molecular formula is C15H16N2O3. The van der Waals surface area contributed by atoms with Crippen LogP contribution in [-0.4, -0.2) is 39.0 Å². The van der Waals surface area contributed by atoms with E-state index in [0.29, 0.717) is 36.9 Å². The Morgan fingerprint density at radius 1 is 1.45 bits per heavy atom. The average Bonchev–Trinajstić information content (AvgIpc) is 2.53. The number of nitriles is 1. The molecule has 0 amide bonds. The molecule has 5 nitrogen and oxygen atoms in total. The third-order valence-corrected chi connectivity index (χ3v) is 3.28. The molecule has 0 spiro atoms. The highest BCUT2D eigenvalue weighted by molar-refractivity contribution is 5.68. The minimum absolute atomic E-state index is 0.0633. The van der Waals surface area contributed by atoms with E-state index >= 15 is 0 Å². The second kappa shape index (κ2) is 5.95. The zero-order valence-corrected chi connectivity index (χ0v) is 11.1. The highest BCUT2D eigenvalue weighted by Crippen LogP contribution is 2.35. The molecule has 0 bridgehead atoms. The van der Waals surface area contributed by atoms with E-state index in [1.165, 1.54) is 0 Å². The van der Waals surface area contributed by atoms with Crippen molar-refractivity contribution in [2.75, 3.05) is 32.9 Å². The molecule has 1 N–H and O–H groups in total. The van der Waals surface area contributed by atoms with Gasteiger partial charge >= 0.3 is 0 Å². The van der Waals surface area contributed by atoms with Crippen LogP contribution in [-0.2, 0) is 4.74 Å². The number of para-hydroxylation sites is 1. The Labute approximate surface area is 117 Å².